The van der Waals surface area contributed by atoms with Crippen LogP contribution in [0, 0.1) is 11.3 Å². The van der Waals surface area contributed by atoms with Crippen LogP contribution >= 0.6 is 0 Å². The van der Waals surface area contributed by atoms with Crippen molar-refractivity contribution in [1.82, 2.24) is 14.7 Å². The maximum atomic E-state index is 12.3. The minimum atomic E-state index is -4.45. The molecule has 0 saturated heterocycles. The second-order valence-corrected chi connectivity index (χ2v) is 3.26. The minimum absolute atomic E-state index is 0.0144. The van der Waals surface area contributed by atoms with E-state index in [4.69, 9.17) is 5.26 Å². The normalized spacial score (nSPS) is 12.4. The Hall–Kier alpha value is -1.97. The van der Waals surface area contributed by atoms with Crippen LogP contribution in [0.5, 0.6) is 0 Å². The molecule has 1 aromatic rings. The summed E-state index contributed by atoms with van der Waals surface area (Å²) in [6.07, 6.45) is -1.61. The van der Waals surface area contributed by atoms with Crippen LogP contribution in [-0.4, -0.2) is 28.8 Å². The lowest BCUT2D eigenvalue weighted by molar-refractivity contribution is -0.137. The van der Waals surface area contributed by atoms with Crippen LogP contribution in [0.15, 0.2) is 18.6 Å². The lowest BCUT2D eigenvalue weighted by Gasteiger charge is -2.06. The van der Waals surface area contributed by atoms with E-state index >= 15 is 0 Å². The van der Waals surface area contributed by atoms with Crippen molar-refractivity contribution >= 4 is 5.70 Å². The molecule has 4 nitrogen and oxygen atoms in total. The van der Waals surface area contributed by atoms with Crippen molar-refractivity contribution in [3.8, 4) is 6.07 Å². The van der Waals surface area contributed by atoms with E-state index in [1.54, 1.807) is 25.1 Å². The molecule has 86 valence electrons. The molecular weight excluding hydrogens is 221 g/mol. The van der Waals surface area contributed by atoms with Gasteiger partial charge in [0.2, 0.25) is 0 Å². The number of hydrogen-bond acceptors (Lipinski definition) is 3. The molecule has 0 atom stereocenters. The van der Waals surface area contributed by atoms with Crippen LogP contribution in [-0.2, 0) is 6.18 Å². The Morgan fingerprint density at radius 2 is 2.19 bits per heavy atom. The van der Waals surface area contributed by atoms with Crippen LogP contribution in [0.1, 0.15) is 5.56 Å². The summed E-state index contributed by atoms with van der Waals surface area (Å²) >= 11 is 0. The van der Waals surface area contributed by atoms with Gasteiger partial charge in [0.05, 0.1) is 11.8 Å². The third-order valence-electron chi connectivity index (χ3n) is 1.65. The maximum absolute atomic E-state index is 12.3. The predicted octanol–water partition coefficient (Wildman–Crippen LogP) is 1.79. The van der Waals surface area contributed by atoms with Crippen molar-refractivity contribution < 1.29 is 13.2 Å². The van der Waals surface area contributed by atoms with Gasteiger partial charge < -0.3 is 4.90 Å². The number of rotatable bonds is 2. The molecule has 16 heavy (non-hydrogen) atoms. The largest absolute Gasteiger partial charge is 0.419 e. The Morgan fingerprint density at radius 3 is 2.56 bits per heavy atom. The van der Waals surface area contributed by atoms with Gasteiger partial charge in [0.15, 0.2) is 5.70 Å². The first-order chi connectivity index (χ1) is 7.34. The van der Waals surface area contributed by atoms with Crippen molar-refractivity contribution in [3.05, 3.63) is 24.2 Å². The standard InChI is InChI=1S/C9H9F3N4/c1-15(2)6-8(3-13)16-5-7(4-14-16)9(10,11)12/h4-6H,1-2H3/b8-6-. The van der Waals surface area contributed by atoms with Crippen molar-refractivity contribution in [2.24, 2.45) is 0 Å². The van der Waals surface area contributed by atoms with Gasteiger partial charge >= 0.3 is 6.18 Å². The second kappa shape index (κ2) is 4.26. The molecule has 0 amide bonds. The molecule has 0 aliphatic heterocycles. The molecule has 0 fully saturated rings. The highest BCUT2D eigenvalue weighted by atomic mass is 19.4. The van der Waals surface area contributed by atoms with Gasteiger partial charge in [0, 0.05) is 26.5 Å². The average molecular weight is 230 g/mol. The molecule has 0 unspecified atom stereocenters. The molecular formula is C9H9F3N4. The van der Waals surface area contributed by atoms with Crippen LogP contribution < -0.4 is 0 Å². The summed E-state index contributed by atoms with van der Waals surface area (Å²) in [6, 6.07) is 1.77. The van der Waals surface area contributed by atoms with E-state index in [2.05, 4.69) is 5.10 Å². The monoisotopic (exact) mass is 230 g/mol. The first-order valence-corrected chi connectivity index (χ1v) is 4.25. The number of aromatic nitrogens is 2. The highest BCUT2D eigenvalue weighted by Gasteiger charge is 2.32. The molecule has 1 rings (SSSR count). The molecule has 0 spiro atoms. The van der Waals surface area contributed by atoms with Gasteiger partial charge in [-0.3, -0.25) is 0 Å². The number of halogens is 3. The molecule has 7 heteroatoms. The van der Waals surface area contributed by atoms with E-state index in [1.165, 1.54) is 6.20 Å². The Balaban J connectivity index is 3.07. The molecule has 0 aliphatic carbocycles. The van der Waals surface area contributed by atoms with Crippen molar-refractivity contribution in [3.63, 3.8) is 0 Å². The van der Waals surface area contributed by atoms with E-state index in [-0.39, 0.29) is 5.70 Å². The Bertz CT molecular complexity index is 436. The number of alkyl halides is 3. The summed E-state index contributed by atoms with van der Waals surface area (Å²) in [6.45, 7) is 0. The fourth-order valence-corrected chi connectivity index (χ4v) is 0.985. The number of nitriles is 1. The van der Waals surface area contributed by atoms with Gasteiger partial charge in [-0.2, -0.15) is 23.5 Å². The highest BCUT2D eigenvalue weighted by molar-refractivity contribution is 5.59. The fraction of sp³-hybridized carbons (Fsp3) is 0.333. The van der Waals surface area contributed by atoms with Gasteiger partial charge in [0.1, 0.15) is 6.07 Å². The molecule has 0 N–H and O–H groups in total. The first kappa shape index (κ1) is 12.1. The maximum Gasteiger partial charge on any atom is 0.419 e. The number of nitrogens with zero attached hydrogens (tertiary/aromatic N) is 4. The summed E-state index contributed by atoms with van der Waals surface area (Å²) in [5.74, 6) is 0. The number of allylic oxidation sites excluding steroid dienone is 1. The summed E-state index contributed by atoms with van der Waals surface area (Å²) in [5.41, 5.74) is -0.868. The topological polar surface area (TPSA) is 44.9 Å². The third-order valence-corrected chi connectivity index (χ3v) is 1.65. The Labute approximate surface area is 90.2 Å². The SMILES string of the molecule is CN(C)/C=C(/C#N)n1cc(C(F)(F)F)cn1. The molecule has 1 heterocycles. The average Bonchev–Trinajstić information content (AvgIpc) is 2.61. The predicted molar refractivity (Wildman–Crippen MR) is 50.8 cm³/mol. The fourth-order valence-electron chi connectivity index (χ4n) is 0.985. The zero-order chi connectivity index (χ0) is 12.3. The van der Waals surface area contributed by atoms with E-state index in [9.17, 15) is 13.2 Å². The van der Waals surface area contributed by atoms with Crippen molar-refractivity contribution in [2.75, 3.05) is 14.1 Å². The van der Waals surface area contributed by atoms with Gasteiger partial charge in [-0.15, -0.1) is 0 Å². The smallest absolute Gasteiger partial charge is 0.381 e. The van der Waals surface area contributed by atoms with E-state index in [1.807, 2.05) is 0 Å². The lowest BCUT2D eigenvalue weighted by Crippen LogP contribution is -2.06. The molecule has 0 aliphatic rings. The lowest BCUT2D eigenvalue weighted by atomic mass is 10.3. The zero-order valence-corrected chi connectivity index (χ0v) is 8.65. The van der Waals surface area contributed by atoms with Gasteiger partial charge in [-0.1, -0.05) is 0 Å². The van der Waals surface area contributed by atoms with Crippen LogP contribution in [0.4, 0.5) is 13.2 Å². The van der Waals surface area contributed by atoms with Crippen molar-refractivity contribution in [1.29, 1.82) is 5.26 Å². The zero-order valence-electron chi connectivity index (χ0n) is 8.65. The van der Waals surface area contributed by atoms with Gasteiger partial charge in [-0.25, -0.2) is 4.68 Å². The summed E-state index contributed by atoms with van der Waals surface area (Å²) in [5, 5.41) is 12.2. The molecule has 0 saturated carbocycles. The molecule has 0 aromatic carbocycles. The van der Waals surface area contributed by atoms with E-state index in [0.717, 1.165) is 10.9 Å². The summed E-state index contributed by atoms with van der Waals surface area (Å²) in [7, 11) is 3.32. The first-order valence-electron chi connectivity index (χ1n) is 4.25. The van der Waals surface area contributed by atoms with Crippen molar-refractivity contribution in [2.45, 2.75) is 6.18 Å². The van der Waals surface area contributed by atoms with Crippen LogP contribution in [0.25, 0.3) is 5.70 Å². The van der Waals surface area contributed by atoms with Gasteiger partial charge in [0.25, 0.3) is 0 Å². The van der Waals surface area contributed by atoms with E-state index in [0.29, 0.717) is 6.20 Å². The third kappa shape index (κ3) is 2.76. The summed E-state index contributed by atoms with van der Waals surface area (Å²) < 4.78 is 37.7. The summed E-state index contributed by atoms with van der Waals surface area (Å²) in [4.78, 5) is 1.55. The molecule has 0 bridgehead atoms. The highest BCUT2D eigenvalue weighted by Crippen LogP contribution is 2.28. The quantitative estimate of drug-likeness (QED) is 0.727. The van der Waals surface area contributed by atoms with Crippen LogP contribution in [0.3, 0.4) is 0 Å². The second-order valence-electron chi connectivity index (χ2n) is 3.26. The number of hydrogen-bond donors (Lipinski definition) is 0. The molecule has 1 aromatic heterocycles. The van der Waals surface area contributed by atoms with Crippen LogP contribution in [0.2, 0.25) is 0 Å². The Kier molecular flexibility index (Phi) is 3.22. The Morgan fingerprint density at radius 1 is 1.56 bits per heavy atom. The van der Waals surface area contributed by atoms with Gasteiger partial charge in [-0.05, 0) is 0 Å². The van der Waals surface area contributed by atoms with E-state index < -0.39 is 11.7 Å². The molecule has 0 radical (unpaired) electrons. The minimum Gasteiger partial charge on any atom is -0.381 e.